The second-order valence-electron chi connectivity index (χ2n) is 12.0. The average Bonchev–Trinajstić information content (AvgIpc) is 3.05. The Labute approximate surface area is 275 Å². The van der Waals surface area contributed by atoms with Crippen LogP contribution in [0.5, 0.6) is 0 Å². The second-order valence-corrected chi connectivity index (χ2v) is 12.0. The molecule has 0 saturated carbocycles. The Kier molecular flexibility index (Phi) is 11.8. The minimum Gasteiger partial charge on any atom is -0.463 e. The lowest BCUT2D eigenvalue weighted by Gasteiger charge is -2.36. The van der Waals surface area contributed by atoms with Gasteiger partial charge in [-0.1, -0.05) is 18.2 Å². The number of hydrogen-bond acceptors (Lipinski definition) is 11. The first-order valence-electron chi connectivity index (χ1n) is 15.5. The summed E-state index contributed by atoms with van der Waals surface area (Å²) in [5.41, 5.74) is 3.45. The van der Waals surface area contributed by atoms with Gasteiger partial charge in [-0.25, -0.2) is 24.5 Å². The summed E-state index contributed by atoms with van der Waals surface area (Å²) < 4.78 is 10.1. The van der Waals surface area contributed by atoms with Gasteiger partial charge in [-0.05, 0) is 62.6 Å². The fourth-order valence-electron chi connectivity index (χ4n) is 4.93. The summed E-state index contributed by atoms with van der Waals surface area (Å²) in [6, 6.07) is 9.64. The molecule has 0 aliphatic carbocycles. The van der Waals surface area contributed by atoms with E-state index in [-0.39, 0.29) is 19.1 Å². The first-order chi connectivity index (χ1) is 22.5. The van der Waals surface area contributed by atoms with Gasteiger partial charge in [0.05, 0.1) is 13.2 Å². The predicted molar refractivity (Wildman–Crippen MR) is 178 cm³/mol. The van der Waals surface area contributed by atoms with Gasteiger partial charge in [0, 0.05) is 75.6 Å². The lowest BCUT2D eigenvalue weighted by atomic mass is 10.1. The van der Waals surface area contributed by atoms with Gasteiger partial charge in [0.2, 0.25) is 11.9 Å². The Morgan fingerprint density at radius 1 is 1.00 bits per heavy atom. The molecule has 2 amide bonds. The number of carbonyl (C=O) groups is 3. The molecule has 13 nitrogen and oxygen atoms in total. The SMILES string of the molecule is CCOC(=O)/C=C/c1cnc(N2CCN(c3ncc(-c4cccc(CN(C)C(=O)CNC(=O)OC(C)(C)C)c4)cn3)CC2)c(CO)c1. The lowest BCUT2D eigenvalue weighted by molar-refractivity contribution is -0.137. The van der Waals surface area contributed by atoms with Crippen molar-refractivity contribution in [3.05, 3.63) is 71.7 Å². The van der Waals surface area contributed by atoms with E-state index in [9.17, 15) is 19.5 Å². The van der Waals surface area contributed by atoms with Crippen molar-refractivity contribution >= 4 is 35.8 Å². The molecule has 0 spiro atoms. The van der Waals surface area contributed by atoms with E-state index in [1.165, 1.54) is 6.08 Å². The van der Waals surface area contributed by atoms with Gasteiger partial charge >= 0.3 is 12.1 Å². The Balaban J connectivity index is 1.31. The van der Waals surface area contributed by atoms with Crippen LogP contribution in [0.1, 0.15) is 44.4 Å². The smallest absolute Gasteiger partial charge is 0.408 e. The number of aromatic nitrogens is 3. The van der Waals surface area contributed by atoms with Crippen LogP contribution in [-0.4, -0.2) is 94.9 Å². The van der Waals surface area contributed by atoms with Crippen molar-refractivity contribution in [2.75, 3.05) is 56.2 Å². The molecule has 3 aromatic rings. The van der Waals surface area contributed by atoms with E-state index in [4.69, 9.17) is 9.47 Å². The maximum atomic E-state index is 12.6. The number of benzene rings is 1. The predicted octanol–water partition coefficient (Wildman–Crippen LogP) is 3.42. The highest BCUT2D eigenvalue weighted by Crippen LogP contribution is 2.24. The Morgan fingerprint density at radius 2 is 1.70 bits per heavy atom. The summed E-state index contributed by atoms with van der Waals surface area (Å²) in [5, 5.41) is 12.5. The minimum absolute atomic E-state index is 0.157. The number of carbonyl (C=O) groups excluding carboxylic acids is 3. The lowest BCUT2D eigenvalue weighted by Crippen LogP contribution is -2.47. The third-order valence-electron chi connectivity index (χ3n) is 7.22. The first-order valence-corrected chi connectivity index (χ1v) is 15.5. The number of rotatable bonds is 11. The highest BCUT2D eigenvalue weighted by atomic mass is 16.6. The molecular formula is C34H43N7O6. The van der Waals surface area contributed by atoms with Gasteiger partial charge in [-0.2, -0.15) is 0 Å². The third-order valence-corrected chi connectivity index (χ3v) is 7.22. The van der Waals surface area contributed by atoms with Crippen LogP contribution >= 0.6 is 0 Å². The number of nitrogens with zero attached hydrogens (tertiary/aromatic N) is 6. The fraction of sp³-hybridized carbons (Fsp3) is 0.412. The average molecular weight is 646 g/mol. The van der Waals surface area contributed by atoms with Crippen LogP contribution in [0.15, 0.2) is 55.0 Å². The van der Waals surface area contributed by atoms with Crippen molar-refractivity contribution in [3.63, 3.8) is 0 Å². The molecule has 1 saturated heterocycles. The third kappa shape index (κ3) is 10.2. The number of anilines is 2. The molecule has 3 heterocycles. The van der Waals surface area contributed by atoms with Crippen LogP contribution in [0.4, 0.5) is 16.6 Å². The molecule has 0 bridgehead atoms. The standard InChI is InChI=1S/C34H43N7O6/c1-6-46-30(44)11-10-24-16-27(23-42)31(35-18-24)40-12-14-41(15-13-40)32-36-19-28(20-37-32)26-9-7-8-25(17-26)22-39(5)29(43)21-38-33(45)47-34(2,3)4/h7-11,16-20,42H,6,12-15,21-23H2,1-5H3,(H,38,45)/b11-10+. The van der Waals surface area contributed by atoms with Gasteiger partial charge in [-0.15, -0.1) is 0 Å². The molecule has 4 rings (SSSR count). The highest BCUT2D eigenvalue weighted by molar-refractivity contribution is 5.87. The maximum absolute atomic E-state index is 12.6. The monoisotopic (exact) mass is 645 g/mol. The number of aliphatic hydroxyl groups is 1. The van der Waals surface area contributed by atoms with Crippen molar-refractivity contribution in [1.82, 2.24) is 25.2 Å². The van der Waals surface area contributed by atoms with Crippen molar-refractivity contribution in [2.45, 2.75) is 46.4 Å². The number of esters is 1. The van der Waals surface area contributed by atoms with Gasteiger partial charge < -0.3 is 34.6 Å². The molecule has 0 unspecified atom stereocenters. The number of likely N-dealkylation sites (N-methyl/N-ethyl adjacent to an activating group) is 1. The molecular weight excluding hydrogens is 602 g/mol. The molecule has 250 valence electrons. The Bertz CT molecular complexity index is 1560. The molecule has 1 fully saturated rings. The van der Waals surface area contributed by atoms with Crippen LogP contribution in [0.2, 0.25) is 0 Å². The van der Waals surface area contributed by atoms with E-state index >= 15 is 0 Å². The molecule has 2 aromatic heterocycles. The quantitative estimate of drug-likeness (QED) is 0.233. The summed E-state index contributed by atoms with van der Waals surface area (Å²) in [6.45, 7) is 10.1. The number of ether oxygens (including phenoxy) is 2. The molecule has 1 aliphatic heterocycles. The summed E-state index contributed by atoms with van der Waals surface area (Å²) in [6.07, 6.45) is 7.60. The highest BCUT2D eigenvalue weighted by Gasteiger charge is 2.22. The van der Waals surface area contributed by atoms with Crippen molar-refractivity contribution < 1.29 is 29.0 Å². The van der Waals surface area contributed by atoms with Gasteiger partial charge in [0.1, 0.15) is 18.0 Å². The Hall–Kier alpha value is -5.04. The minimum atomic E-state index is -0.638. The fourth-order valence-corrected chi connectivity index (χ4v) is 4.93. The van der Waals surface area contributed by atoms with Gasteiger partial charge in [-0.3, -0.25) is 4.79 Å². The molecule has 1 aromatic carbocycles. The molecule has 47 heavy (non-hydrogen) atoms. The molecule has 1 aliphatic rings. The summed E-state index contributed by atoms with van der Waals surface area (Å²) in [4.78, 5) is 55.7. The number of hydrogen-bond donors (Lipinski definition) is 2. The first kappa shape index (κ1) is 34.8. The summed E-state index contributed by atoms with van der Waals surface area (Å²) in [7, 11) is 1.69. The molecule has 2 N–H and O–H groups in total. The topological polar surface area (TPSA) is 150 Å². The number of pyridine rings is 1. The number of piperazine rings is 1. The van der Waals surface area contributed by atoms with Crippen molar-refractivity contribution in [1.29, 1.82) is 0 Å². The van der Waals surface area contributed by atoms with E-state index in [1.54, 1.807) is 64.3 Å². The van der Waals surface area contributed by atoms with Crippen LogP contribution in [0.25, 0.3) is 17.2 Å². The van der Waals surface area contributed by atoms with E-state index in [0.29, 0.717) is 62.2 Å². The maximum Gasteiger partial charge on any atom is 0.408 e. The van der Waals surface area contributed by atoms with Crippen molar-refractivity contribution in [2.24, 2.45) is 0 Å². The zero-order valence-electron chi connectivity index (χ0n) is 27.6. The van der Waals surface area contributed by atoms with Crippen LogP contribution in [0.3, 0.4) is 0 Å². The van der Waals surface area contributed by atoms with Crippen LogP contribution in [0, 0.1) is 0 Å². The largest absolute Gasteiger partial charge is 0.463 e. The normalized spacial score (nSPS) is 13.4. The second kappa shape index (κ2) is 16.0. The number of aliphatic hydroxyl groups excluding tert-OH is 1. The number of amides is 2. The molecule has 0 radical (unpaired) electrons. The molecule has 0 atom stereocenters. The van der Waals surface area contributed by atoms with Crippen LogP contribution < -0.4 is 15.1 Å². The molecule has 13 heteroatoms. The van der Waals surface area contributed by atoms with E-state index < -0.39 is 17.7 Å². The van der Waals surface area contributed by atoms with Gasteiger partial charge in [0.25, 0.3) is 0 Å². The summed E-state index contributed by atoms with van der Waals surface area (Å²) in [5.74, 6) is 0.675. The van der Waals surface area contributed by atoms with E-state index in [1.807, 2.05) is 30.3 Å². The zero-order chi connectivity index (χ0) is 34.0. The van der Waals surface area contributed by atoms with Gasteiger partial charge in [0.15, 0.2) is 0 Å². The number of nitrogens with one attached hydrogen (secondary N) is 1. The van der Waals surface area contributed by atoms with E-state index in [0.717, 1.165) is 16.7 Å². The Morgan fingerprint density at radius 3 is 2.36 bits per heavy atom. The zero-order valence-corrected chi connectivity index (χ0v) is 27.6. The summed E-state index contributed by atoms with van der Waals surface area (Å²) >= 11 is 0. The van der Waals surface area contributed by atoms with Crippen molar-refractivity contribution in [3.8, 4) is 11.1 Å². The van der Waals surface area contributed by atoms with E-state index in [2.05, 4.69) is 30.1 Å². The van der Waals surface area contributed by atoms with Crippen LogP contribution in [-0.2, 0) is 32.2 Å². The number of alkyl carbamates (subject to hydrolysis) is 1.